The van der Waals surface area contributed by atoms with Crippen LogP contribution in [-0.2, 0) is 36.2 Å². The van der Waals surface area contributed by atoms with Crippen molar-refractivity contribution >= 4 is 30.4 Å². The first-order chi connectivity index (χ1) is 8.50. The van der Waals surface area contributed by atoms with Gasteiger partial charge in [-0.05, 0) is 12.5 Å². The molecule has 2 unspecified atom stereocenters. The Bertz CT molecular complexity index is 497. The van der Waals surface area contributed by atoms with Gasteiger partial charge in [0.15, 0.2) is 0 Å². The second-order valence-corrected chi connectivity index (χ2v) is 8.40. The van der Waals surface area contributed by atoms with Crippen LogP contribution in [0.1, 0.15) is 20.8 Å². The summed E-state index contributed by atoms with van der Waals surface area (Å²) in [6.45, 7) is 2.74. The molecule has 104 valence electrons. The van der Waals surface area contributed by atoms with Gasteiger partial charge in [-0.15, -0.1) is 0 Å². The molecule has 0 aromatic carbocycles. The van der Waals surface area contributed by atoms with Gasteiger partial charge in [0.25, 0.3) is 0 Å². The molecule has 0 saturated heterocycles. The van der Waals surface area contributed by atoms with E-state index in [0.29, 0.717) is 0 Å². The van der Waals surface area contributed by atoms with Crippen molar-refractivity contribution < 1.29 is 36.2 Å². The molecule has 0 amide bonds. The van der Waals surface area contributed by atoms with E-state index < -0.39 is 18.2 Å². The van der Waals surface area contributed by atoms with Gasteiger partial charge in [0.05, 0.1) is 0 Å². The molecule has 2 atom stereocenters. The molecule has 0 rings (SSSR count). The van der Waals surface area contributed by atoms with Crippen molar-refractivity contribution in [3.8, 4) is 0 Å². The minimum atomic E-state index is -2.56. The Labute approximate surface area is 123 Å². The van der Waals surface area contributed by atoms with Gasteiger partial charge in [-0.1, -0.05) is 20.8 Å². The molecule has 0 aromatic rings. The van der Waals surface area contributed by atoms with Crippen LogP contribution in [0.4, 0.5) is 0 Å². The SMILES string of the molecule is CC(C)P(=C=O)(C(C)C=C=O)C(C=C=O)C=C=O.[Fe]. The zero-order valence-corrected chi connectivity index (χ0v) is 12.9. The van der Waals surface area contributed by atoms with Crippen LogP contribution in [0, 0.1) is 0 Å². The van der Waals surface area contributed by atoms with Crippen molar-refractivity contribution in [1.82, 2.24) is 0 Å². The molecule has 0 radical (unpaired) electrons. The quantitative estimate of drug-likeness (QED) is 0.421. The first kappa shape index (κ1) is 20.2. The number of carbonyl (C=O) groups excluding carboxylic acids is 4. The van der Waals surface area contributed by atoms with Crippen molar-refractivity contribution in [3.63, 3.8) is 0 Å². The van der Waals surface area contributed by atoms with Gasteiger partial charge in [-0.2, -0.15) is 0 Å². The Morgan fingerprint density at radius 2 is 1.26 bits per heavy atom. The number of rotatable bonds is 6. The van der Waals surface area contributed by atoms with E-state index in [1.807, 2.05) is 5.66 Å². The summed E-state index contributed by atoms with van der Waals surface area (Å²) < 4.78 is 0. The fourth-order valence-corrected chi connectivity index (χ4v) is 5.58. The van der Waals surface area contributed by atoms with Crippen LogP contribution in [-0.4, -0.2) is 40.5 Å². The summed E-state index contributed by atoms with van der Waals surface area (Å²) in [5.41, 5.74) is 0.769. The van der Waals surface area contributed by atoms with E-state index in [1.54, 1.807) is 38.6 Å². The van der Waals surface area contributed by atoms with E-state index >= 15 is 0 Å². The summed E-state index contributed by atoms with van der Waals surface area (Å²) in [7, 11) is 0. The van der Waals surface area contributed by atoms with E-state index in [-0.39, 0.29) is 22.7 Å². The van der Waals surface area contributed by atoms with Crippen LogP contribution in [0.2, 0.25) is 0 Å². The van der Waals surface area contributed by atoms with Gasteiger partial charge in [-0.3, -0.25) is 0 Å². The van der Waals surface area contributed by atoms with E-state index in [1.165, 1.54) is 6.08 Å². The van der Waals surface area contributed by atoms with Crippen molar-refractivity contribution in [2.75, 3.05) is 0 Å². The maximum Gasteiger partial charge on any atom is 0.121 e. The summed E-state index contributed by atoms with van der Waals surface area (Å²) >= 11 is 0. The number of allylic oxidation sites excluding steroid dienone is 3. The molecule has 0 aliphatic carbocycles. The second kappa shape index (κ2) is 9.76. The van der Waals surface area contributed by atoms with Gasteiger partial charge in [0, 0.05) is 46.6 Å². The Morgan fingerprint density at radius 3 is 1.53 bits per heavy atom. The summed E-state index contributed by atoms with van der Waals surface area (Å²) in [5, 5.41) is 0. The van der Waals surface area contributed by atoms with E-state index in [4.69, 9.17) is 0 Å². The predicted octanol–water partition coefficient (Wildman–Crippen LogP) is 1.40. The first-order valence-electron chi connectivity index (χ1n) is 5.41. The summed E-state index contributed by atoms with van der Waals surface area (Å²) in [6.07, 6.45) is 3.49. The Kier molecular flexibility index (Phi) is 10.4. The predicted molar refractivity (Wildman–Crippen MR) is 71.8 cm³/mol. The van der Waals surface area contributed by atoms with Crippen LogP contribution >= 0.6 is 6.89 Å². The first-order valence-corrected chi connectivity index (χ1v) is 7.41. The van der Waals surface area contributed by atoms with E-state index in [0.717, 1.165) is 12.2 Å². The minimum Gasteiger partial charge on any atom is -0.234 e. The smallest absolute Gasteiger partial charge is 0.121 e. The zero-order chi connectivity index (χ0) is 14.2. The average Bonchev–Trinajstić information content (AvgIpc) is 2.31. The molecule has 0 aliphatic heterocycles. The van der Waals surface area contributed by atoms with Crippen LogP contribution in [0.15, 0.2) is 18.2 Å². The Hall–Kier alpha value is -1.12. The summed E-state index contributed by atoms with van der Waals surface area (Å²) in [6, 6.07) is 0. The molecule has 0 aromatic heterocycles. The molecule has 19 heavy (non-hydrogen) atoms. The zero-order valence-electron chi connectivity index (χ0n) is 10.9. The topological polar surface area (TPSA) is 68.3 Å². The molecule has 6 heteroatoms. The number of hydrogen-bond acceptors (Lipinski definition) is 4. The van der Waals surface area contributed by atoms with Crippen molar-refractivity contribution in [1.29, 1.82) is 0 Å². The fourth-order valence-electron chi connectivity index (χ4n) is 1.99. The van der Waals surface area contributed by atoms with Crippen molar-refractivity contribution in [2.45, 2.75) is 37.7 Å². The van der Waals surface area contributed by atoms with Crippen LogP contribution < -0.4 is 0 Å². The van der Waals surface area contributed by atoms with E-state index in [9.17, 15) is 19.2 Å². The molecular weight excluding hydrogens is 307 g/mol. The Morgan fingerprint density at radius 1 is 0.842 bits per heavy atom. The molecule has 0 bridgehead atoms. The molecule has 0 heterocycles. The largest absolute Gasteiger partial charge is 0.234 e. The van der Waals surface area contributed by atoms with Gasteiger partial charge in [0.2, 0.25) is 0 Å². The Balaban J connectivity index is 0. The molecule has 0 aliphatic rings. The van der Waals surface area contributed by atoms with Crippen molar-refractivity contribution in [2.24, 2.45) is 0 Å². The third-order valence-corrected chi connectivity index (χ3v) is 7.77. The normalized spacial score (nSPS) is 15.2. The van der Waals surface area contributed by atoms with Crippen LogP contribution in [0.3, 0.4) is 0 Å². The maximum atomic E-state index is 11.5. The minimum absolute atomic E-state index is 0. The van der Waals surface area contributed by atoms with Gasteiger partial charge in [-0.25, -0.2) is 19.2 Å². The molecule has 0 spiro atoms. The molecule has 0 saturated carbocycles. The summed E-state index contributed by atoms with van der Waals surface area (Å²) in [4.78, 5) is 43.0. The molecule has 0 fully saturated rings. The summed E-state index contributed by atoms with van der Waals surface area (Å²) in [5.74, 6) is 4.84. The van der Waals surface area contributed by atoms with Crippen LogP contribution in [0.5, 0.6) is 0 Å². The molecule has 4 nitrogen and oxygen atoms in total. The van der Waals surface area contributed by atoms with E-state index in [2.05, 4.69) is 0 Å². The third-order valence-electron chi connectivity index (χ3n) is 2.97. The van der Waals surface area contributed by atoms with Gasteiger partial charge in [0.1, 0.15) is 23.5 Å². The molecule has 0 N–H and O–H groups in total. The van der Waals surface area contributed by atoms with Gasteiger partial charge < -0.3 is 0 Å². The maximum absolute atomic E-state index is 11.5. The fraction of sp³-hybridized carbons (Fsp3) is 0.462. The van der Waals surface area contributed by atoms with Gasteiger partial charge >= 0.3 is 0 Å². The monoisotopic (exact) mass is 322 g/mol. The number of hydrogen-bond donors (Lipinski definition) is 0. The van der Waals surface area contributed by atoms with Crippen LogP contribution in [0.25, 0.3) is 0 Å². The molecular formula is C13H15FeO4P. The third kappa shape index (κ3) is 4.48. The standard InChI is InChI=1S/C13H15O4P.Fe/c1-11(2)18(10-17,12(3)4-7-14)13(5-8-15)6-9-16;/h4-6,11-13H,1-3H3;. The van der Waals surface area contributed by atoms with Crippen molar-refractivity contribution in [3.05, 3.63) is 18.2 Å². The second-order valence-electron chi connectivity index (χ2n) is 4.10. The average molecular weight is 322 g/mol.